The quantitative estimate of drug-likeness (QED) is 0.194. The lowest BCUT2D eigenvalue weighted by Crippen LogP contribution is -2.40. The number of hydrogen-bond donors (Lipinski definition) is 2. The molecule has 0 aliphatic rings. The Hall–Kier alpha value is -1.80. The summed E-state index contributed by atoms with van der Waals surface area (Å²) in [7, 11) is 0. The van der Waals surface area contributed by atoms with Gasteiger partial charge in [-0.1, -0.05) is 40.5 Å². The fourth-order valence-electron chi connectivity index (χ4n) is 3.74. The third kappa shape index (κ3) is 20.4. The van der Waals surface area contributed by atoms with Crippen LogP contribution in [-0.4, -0.2) is 85.5 Å². The number of carbonyl (C=O) groups excluding carboxylic acids is 4. The van der Waals surface area contributed by atoms with Crippen LogP contribution in [0.1, 0.15) is 105 Å². The molecule has 0 unspecified atom stereocenters. The van der Waals surface area contributed by atoms with Gasteiger partial charge in [-0.2, -0.15) is 0 Å². The van der Waals surface area contributed by atoms with Crippen molar-refractivity contribution in [2.75, 3.05) is 52.4 Å². The van der Waals surface area contributed by atoms with Crippen LogP contribution in [0.4, 0.5) is 0 Å². The number of hydrogen-bond acceptors (Lipinski definition) is 6. The van der Waals surface area contributed by atoms with Crippen molar-refractivity contribution >= 4 is 23.4 Å². The minimum absolute atomic E-state index is 0.0252. The molecule has 0 atom stereocenters. The summed E-state index contributed by atoms with van der Waals surface area (Å²) in [5.41, 5.74) is 0. The van der Waals surface area contributed by atoms with Gasteiger partial charge in [0.15, 0.2) is 0 Å². The highest BCUT2D eigenvalue weighted by molar-refractivity contribution is 5.79. The molecular weight excluding hydrogens is 456 g/mol. The molecule has 8 nitrogen and oxygen atoms in total. The summed E-state index contributed by atoms with van der Waals surface area (Å²) >= 11 is 0. The SMILES string of the molecule is CCCCC(=O)CCN(CCC(=O)CCCC)CCN(CCC(=O)NCCC)CCC(=O)NCCC. The Balaban J connectivity index is 5.00. The lowest BCUT2D eigenvalue weighted by Gasteiger charge is -2.27. The van der Waals surface area contributed by atoms with Crippen LogP contribution in [0.2, 0.25) is 0 Å². The van der Waals surface area contributed by atoms with E-state index in [1.807, 2.05) is 13.8 Å². The van der Waals surface area contributed by atoms with Crippen molar-refractivity contribution in [1.82, 2.24) is 20.4 Å². The Bertz CT molecular complexity index is 512. The number of carbonyl (C=O) groups is 4. The molecule has 0 aromatic heterocycles. The lowest BCUT2D eigenvalue weighted by molar-refractivity contribution is -0.122. The molecule has 0 bridgehead atoms. The summed E-state index contributed by atoms with van der Waals surface area (Å²) in [6, 6.07) is 0. The number of amides is 2. The molecule has 0 saturated carbocycles. The highest BCUT2D eigenvalue weighted by Crippen LogP contribution is 2.05. The van der Waals surface area contributed by atoms with Crippen LogP contribution in [0.15, 0.2) is 0 Å². The fourth-order valence-corrected chi connectivity index (χ4v) is 3.74. The predicted molar refractivity (Wildman–Crippen MR) is 147 cm³/mol. The maximum absolute atomic E-state index is 12.3. The standard InChI is InChI=1S/C28H54N4O4/c1-5-9-11-25(33)13-19-31(20-14-26(34)12-10-6-2)23-24-32(21-15-27(35)29-17-7-3)22-16-28(36)30-18-8-4/h5-24H2,1-4H3,(H,29,35)(H,30,36). The summed E-state index contributed by atoms with van der Waals surface area (Å²) in [5.74, 6) is 0.599. The maximum atomic E-state index is 12.3. The number of nitrogens with one attached hydrogen (secondary N) is 2. The van der Waals surface area contributed by atoms with Gasteiger partial charge in [0, 0.05) is 90.9 Å². The van der Waals surface area contributed by atoms with E-state index in [9.17, 15) is 19.2 Å². The van der Waals surface area contributed by atoms with Crippen LogP contribution in [0.3, 0.4) is 0 Å². The average molecular weight is 511 g/mol. The first kappa shape index (κ1) is 34.2. The molecule has 0 heterocycles. The van der Waals surface area contributed by atoms with Gasteiger partial charge in [-0.3, -0.25) is 19.2 Å². The molecule has 210 valence electrons. The van der Waals surface area contributed by atoms with E-state index in [4.69, 9.17) is 0 Å². The first-order valence-electron chi connectivity index (χ1n) is 14.4. The van der Waals surface area contributed by atoms with E-state index in [1.165, 1.54) is 0 Å². The van der Waals surface area contributed by atoms with Gasteiger partial charge in [0.2, 0.25) is 11.8 Å². The molecular formula is C28H54N4O4. The Morgan fingerprint density at radius 3 is 1.17 bits per heavy atom. The summed E-state index contributed by atoms with van der Waals surface area (Å²) in [6.07, 6.45) is 8.67. The summed E-state index contributed by atoms with van der Waals surface area (Å²) in [6.45, 7) is 13.4. The largest absolute Gasteiger partial charge is 0.356 e. The predicted octanol–water partition coefficient (Wildman–Crippen LogP) is 3.72. The second kappa shape index (κ2) is 23.6. The van der Waals surface area contributed by atoms with E-state index in [0.717, 1.165) is 38.5 Å². The van der Waals surface area contributed by atoms with Gasteiger partial charge in [-0.15, -0.1) is 0 Å². The first-order chi connectivity index (χ1) is 17.4. The van der Waals surface area contributed by atoms with Gasteiger partial charge < -0.3 is 20.4 Å². The van der Waals surface area contributed by atoms with E-state index >= 15 is 0 Å². The molecule has 0 spiro atoms. The van der Waals surface area contributed by atoms with Gasteiger partial charge in [0.05, 0.1) is 0 Å². The van der Waals surface area contributed by atoms with Crippen LogP contribution in [0.5, 0.6) is 0 Å². The van der Waals surface area contributed by atoms with Gasteiger partial charge in [-0.25, -0.2) is 0 Å². The summed E-state index contributed by atoms with van der Waals surface area (Å²) in [5, 5.41) is 5.83. The normalized spacial score (nSPS) is 11.2. The van der Waals surface area contributed by atoms with Crippen LogP contribution in [0, 0.1) is 0 Å². The minimum atomic E-state index is 0.0252. The van der Waals surface area contributed by atoms with Crippen LogP contribution >= 0.6 is 0 Å². The third-order valence-corrected chi connectivity index (χ3v) is 6.22. The molecule has 0 aromatic carbocycles. The second-order valence-corrected chi connectivity index (χ2v) is 9.67. The Morgan fingerprint density at radius 2 is 0.833 bits per heavy atom. The smallest absolute Gasteiger partial charge is 0.221 e. The monoisotopic (exact) mass is 510 g/mol. The molecule has 2 amide bonds. The molecule has 36 heavy (non-hydrogen) atoms. The van der Waals surface area contributed by atoms with Gasteiger partial charge in [-0.05, 0) is 25.7 Å². The molecule has 0 rings (SSSR count). The zero-order chi connectivity index (χ0) is 27.0. The van der Waals surface area contributed by atoms with E-state index in [0.29, 0.717) is 90.9 Å². The van der Waals surface area contributed by atoms with Crippen molar-refractivity contribution < 1.29 is 19.2 Å². The zero-order valence-corrected chi connectivity index (χ0v) is 23.7. The summed E-state index contributed by atoms with van der Waals surface area (Å²) < 4.78 is 0. The number of nitrogens with zero attached hydrogens (tertiary/aromatic N) is 2. The lowest BCUT2D eigenvalue weighted by atomic mass is 10.1. The highest BCUT2D eigenvalue weighted by Gasteiger charge is 2.15. The maximum Gasteiger partial charge on any atom is 0.221 e. The Morgan fingerprint density at radius 1 is 0.472 bits per heavy atom. The number of rotatable bonds is 25. The fraction of sp³-hybridized carbons (Fsp3) is 0.857. The van der Waals surface area contributed by atoms with Crippen molar-refractivity contribution in [1.29, 1.82) is 0 Å². The van der Waals surface area contributed by atoms with Gasteiger partial charge >= 0.3 is 0 Å². The van der Waals surface area contributed by atoms with Crippen molar-refractivity contribution in [3.8, 4) is 0 Å². The van der Waals surface area contributed by atoms with E-state index in [-0.39, 0.29) is 23.4 Å². The Labute approximate surface area is 220 Å². The zero-order valence-electron chi connectivity index (χ0n) is 23.7. The topological polar surface area (TPSA) is 98.8 Å². The van der Waals surface area contributed by atoms with E-state index in [2.05, 4.69) is 34.3 Å². The van der Waals surface area contributed by atoms with Crippen LogP contribution < -0.4 is 10.6 Å². The van der Waals surface area contributed by atoms with Crippen LogP contribution in [0.25, 0.3) is 0 Å². The van der Waals surface area contributed by atoms with Crippen molar-refractivity contribution in [3.05, 3.63) is 0 Å². The Kier molecular flexibility index (Phi) is 22.4. The third-order valence-electron chi connectivity index (χ3n) is 6.22. The van der Waals surface area contributed by atoms with Crippen LogP contribution in [-0.2, 0) is 19.2 Å². The van der Waals surface area contributed by atoms with Crippen molar-refractivity contribution in [2.45, 2.75) is 105 Å². The summed E-state index contributed by atoms with van der Waals surface area (Å²) in [4.78, 5) is 53.2. The molecule has 0 aliphatic carbocycles. The molecule has 0 radical (unpaired) electrons. The first-order valence-corrected chi connectivity index (χ1v) is 14.4. The average Bonchev–Trinajstić information content (AvgIpc) is 2.88. The van der Waals surface area contributed by atoms with Gasteiger partial charge in [0.25, 0.3) is 0 Å². The molecule has 0 aliphatic heterocycles. The van der Waals surface area contributed by atoms with Crippen molar-refractivity contribution in [3.63, 3.8) is 0 Å². The van der Waals surface area contributed by atoms with Crippen molar-refractivity contribution in [2.24, 2.45) is 0 Å². The number of ketones is 2. The second-order valence-electron chi connectivity index (χ2n) is 9.67. The molecule has 8 heteroatoms. The molecule has 0 fully saturated rings. The van der Waals surface area contributed by atoms with E-state index in [1.54, 1.807) is 0 Å². The highest BCUT2D eigenvalue weighted by atomic mass is 16.2. The molecule has 2 N–H and O–H groups in total. The van der Waals surface area contributed by atoms with E-state index < -0.39 is 0 Å². The molecule has 0 aromatic rings. The minimum Gasteiger partial charge on any atom is -0.356 e. The number of Topliss-reactive ketones (excluding diaryl/α,β-unsaturated/α-hetero) is 2. The number of unbranched alkanes of at least 4 members (excludes halogenated alkanes) is 2. The van der Waals surface area contributed by atoms with Gasteiger partial charge in [0.1, 0.15) is 11.6 Å². The molecule has 0 saturated heterocycles.